The van der Waals surface area contributed by atoms with Crippen LogP contribution in [-0.2, 0) is 0 Å². The summed E-state index contributed by atoms with van der Waals surface area (Å²) in [6.45, 7) is 1.55. The normalized spacial score (nSPS) is 44.6. The molecule has 0 radical (unpaired) electrons. The summed E-state index contributed by atoms with van der Waals surface area (Å²) in [5, 5.41) is 10.2. The van der Waals surface area contributed by atoms with E-state index in [4.69, 9.17) is 0 Å². The lowest BCUT2D eigenvalue weighted by molar-refractivity contribution is -0.00543. The summed E-state index contributed by atoms with van der Waals surface area (Å²) in [7, 11) is 0. The van der Waals surface area contributed by atoms with E-state index < -0.39 is 11.8 Å². The molecule has 0 aromatic rings. The van der Waals surface area contributed by atoms with Crippen molar-refractivity contribution in [2.24, 2.45) is 0 Å². The molecule has 3 fully saturated rings. The van der Waals surface area contributed by atoms with Gasteiger partial charge in [0.25, 0.3) is 0 Å². The highest BCUT2D eigenvalue weighted by Crippen LogP contribution is 2.57. The SMILES string of the molecule is F.OC1(C23CCCN2CC(F)C3)CC1. The Balaban J connectivity index is 0.000000750. The highest BCUT2D eigenvalue weighted by molar-refractivity contribution is 5.20. The summed E-state index contributed by atoms with van der Waals surface area (Å²) in [5.41, 5.74) is -0.684. The smallest absolute Gasteiger partial charge is 0.115 e. The first-order valence-corrected chi connectivity index (χ1v) is 5.28. The van der Waals surface area contributed by atoms with Crippen LogP contribution in [0.25, 0.3) is 0 Å². The molecular weight excluding hydrogens is 188 g/mol. The molecule has 0 aromatic carbocycles. The molecule has 14 heavy (non-hydrogen) atoms. The summed E-state index contributed by atoms with van der Waals surface area (Å²) in [4.78, 5) is 2.20. The summed E-state index contributed by atoms with van der Waals surface area (Å²) >= 11 is 0. The van der Waals surface area contributed by atoms with Crippen LogP contribution in [0.3, 0.4) is 0 Å². The van der Waals surface area contributed by atoms with Gasteiger partial charge in [-0.05, 0) is 32.2 Å². The van der Waals surface area contributed by atoms with Crippen LogP contribution in [0, 0.1) is 0 Å². The van der Waals surface area contributed by atoms with Crippen LogP contribution in [-0.4, -0.2) is 40.4 Å². The summed E-state index contributed by atoms with van der Waals surface area (Å²) in [5.74, 6) is 0. The third-order valence-corrected chi connectivity index (χ3v) is 4.19. The van der Waals surface area contributed by atoms with E-state index in [0.29, 0.717) is 13.0 Å². The third-order valence-electron chi connectivity index (χ3n) is 4.19. The minimum atomic E-state index is -0.704. The molecule has 0 aromatic heterocycles. The monoisotopic (exact) mass is 205 g/mol. The van der Waals surface area contributed by atoms with Gasteiger partial charge in [0.15, 0.2) is 0 Å². The van der Waals surface area contributed by atoms with Gasteiger partial charge in [-0.3, -0.25) is 9.60 Å². The number of rotatable bonds is 1. The number of fused-ring (bicyclic) bond motifs is 1. The average Bonchev–Trinajstić information content (AvgIpc) is 2.56. The molecule has 3 aliphatic rings. The van der Waals surface area contributed by atoms with E-state index in [1.165, 1.54) is 0 Å². The lowest BCUT2D eigenvalue weighted by Gasteiger charge is -2.36. The summed E-state index contributed by atoms with van der Waals surface area (Å²) in [6.07, 6.45) is 3.78. The Morgan fingerprint density at radius 1 is 1.29 bits per heavy atom. The lowest BCUT2D eigenvalue weighted by atomic mass is 9.85. The van der Waals surface area contributed by atoms with E-state index in [1.54, 1.807) is 0 Å². The Morgan fingerprint density at radius 2 is 2.00 bits per heavy atom. The van der Waals surface area contributed by atoms with Gasteiger partial charge in [-0.15, -0.1) is 0 Å². The molecule has 1 aliphatic carbocycles. The topological polar surface area (TPSA) is 23.5 Å². The van der Waals surface area contributed by atoms with Gasteiger partial charge in [0, 0.05) is 13.0 Å². The quantitative estimate of drug-likeness (QED) is 0.696. The van der Waals surface area contributed by atoms with E-state index in [-0.39, 0.29) is 10.2 Å². The fourth-order valence-electron chi connectivity index (χ4n) is 3.40. The third kappa shape index (κ3) is 1.07. The first kappa shape index (κ1) is 10.3. The van der Waals surface area contributed by atoms with E-state index in [9.17, 15) is 9.50 Å². The first-order valence-electron chi connectivity index (χ1n) is 5.28. The fourth-order valence-corrected chi connectivity index (χ4v) is 3.40. The minimum Gasteiger partial charge on any atom is -0.388 e. The Hall–Kier alpha value is -0.220. The van der Waals surface area contributed by atoms with E-state index in [0.717, 1.165) is 32.2 Å². The van der Waals surface area contributed by atoms with Crippen LogP contribution < -0.4 is 0 Å². The fraction of sp³-hybridized carbons (Fsp3) is 1.00. The molecule has 2 heterocycles. The van der Waals surface area contributed by atoms with Gasteiger partial charge in [0.1, 0.15) is 6.17 Å². The van der Waals surface area contributed by atoms with Crippen molar-refractivity contribution >= 4 is 0 Å². The molecule has 1 saturated carbocycles. The van der Waals surface area contributed by atoms with Crippen molar-refractivity contribution in [3.8, 4) is 0 Å². The van der Waals surface area contributed by atoms with Crippen LogP contribution in [0.15, 0.2) is 0 Å². The van der Waals surface area contributed by atoms with Crippen molar-refractivity contribution in [3.63, 3.8) is 0 Å². The number of hydrogen-bond donors (Lipinski definition) is 1. The summed E-state index contributed by atoms with van der Waals surface area (Å²) in [6, 6.07) is 0. The van der Waals surface area contributed by atoms with E-state index >= 15 is 0 Å². The van der Waals surface area contributed by atoms with Gasteiger partial charge in [0.05, 0.1) is 11.1 Å². The van der Waals surface area contributed by atoms with Gasteiger partial charge in [-0.1, -0.05) is 0 Å². The molecule has 2 saturated heterocycles. The Labute approximate surface area is 82.5 Å². The van der Waals surface area contributed by atoms with Gasteiger partial charge < -0.3 is 5.11 Å². The van der Waals surface area contributed by atoms with E-state index in [1.807, 2.05) is 0 Å². The number of aliphatic hydroxyl groups is 1. The second-order valence-electron chi connectivity index (χ2n) is 4.91. The molecule has 3 rings (SSSR count). The largest absolute Gasteiger partial charge is 0.388 e. The zero-order chi connectivity index (χ0) is 9.10. The first-order chi connectivity index (χ1) is 6.16. The van der Waals surface area contributed by atoms with Gasteiger partial charge >= 0.3 is 0 Å². The molecule has 1 N–H and O–H groups in total. The van der Waals surface area contributed by atoms with Crippen LogP contribution in [0.4, 0.5) is 9.09 Å². The zero-order valence-electron chi connectivity index (χ0n) is 8.21. The minimum absolute atomic E-state index is 0. The predicted molar refractivity (Wildman–Crippen MR) is 49.7 cm³/mol. The number of nitrogens with zero attached hydrogens (tertiary/aromatic N) is 1. The second kappa shape index (κ2) is 2.89. The maximum Gasteiger partial charge on any atom is 0.115 e. The Bertz CT molecular complexity index is 244. The van der Waals surface area contributed by atoms with Crippen molar-refractivity contribution in [2.45, 2.75) is 49.4 Å². The van der Waals surface area contributed by atoms with Crippen LogP contribution >= 0.6 is 0 Å². The molecule has 2 nitrogen and oxygen atoms in total. The molecule has 0 spiro atoms. The predicted octanol–water partition coefficient (Wildman–Crippen LogP) is 1.24. The zero-order valence-corrected chi connectivity index (χ0v) is 8.21. The second-order valence-corrected chi connectivity index (χ2v) is 4.91. The van der Waals surface area contributed by atoms with Crippen LogP contribution in [0.1, 0.15) is 32.1 Å². The number of halogens is 2. The molecule has 82 valence electrons. The van der Waals surface area contributed by atoms with Crippen LogP contribution in [0.5, 0.6) is 0 Å². The molecule has 0 bridgehead atoms. The van der Waals surface area contributed by atoms with Crippen LogP contribution in [0.2, 0.25) is 0 Å². The molecule has 4 heteroatoms. The maximum absolute atomic E-state index is 13.3. The van der Waals surface area contributed by atoms with Gasteiger partial charge in [-0.2, -0.15) is 0 Å². The molecular formula is C10H17F2NO. The number of alkyl halides is 1. The van der Waals surface area contributed by atoms with Gasteiger partial charge in [-0.25, -0.2) is 4.39 Å². The highest BCUT2D eigenvalue weighted by atomic mass is 19.1. The Morgan fingerprint density at radius 3 is 2.64 bits per heavy atom. The molecule has 0 amide bonds. The van der Waals surface area contributed by atoms with Gasteiger partial charge in [0.2, 0.25) is 0 Å². The van der Waals surface area contributed by atoms with Crippen molar-refractivity contribution < 1.29 is 14.2 Å². The standard InChI is InChI=1S/C10H16FNO.FH/c11-8-6-9(10(13)3-4-10)2-1-5-12(9)7-8;/h8,13H,1-7H2;1H. The van der Waals surface area contributed by atoms with Crippen molar-refractivity contribution in [1.29, 1.82) is 0 Å². The maximum atomic E-state index is 13.3. The van der Waals surface area contributed by atoms with E-state index in [2.05, 4.69) is 4.90 Å². The average molecular weight is 205 g/mol. The lowest BCUT2D eigenvalue weighted by Crippen LogP contribution is -2.50. The molecule has 2 aliphatic heterocycles. The van der Waals surface area contributed by atoms with Crippen molar-refractivity contribution in [1.82, 2.24) is 4.90 Å². The Kier molecular flexibility index (Phi) is 2.13. The molecule has 2 atom stereocenters. The highest BCUT2D eigenvalue weighted by Gasteiger charge is 2.65. The molecule has 2 unspecified atom stereocenters. The summed E-state index contributed by atoms with van der Waals surface area (Å²) < 4.78 is 13.3. The number of hydrogen-bond acceptors (Lipinski definition) is 2. The van der Waals surface area contributed by atoms with Crippen molar-refractivity contribution in [3.05, 3.63) is 0 Å². The van der Waals surface area contributed by atoms with Crippen molar-refractivity contribution in [2.75, 3.05) is 13.1 Å².